The van der Waals surface area contributed by atoms with Gasteiger partial charge in [0.2, 0.25) is 0 Å². The van der Waals surface area contributed by atoms with E-state index in [-0.39, 0.29) is 0 Å². The van der Waals surface area contributed by atoms with E-state index in [1.807, 2.05) is 19.0 Å². The number of carboxylic acid groups (broad SMARTS) is 1. The molecule has 0 spiro atoms. The van der Waals surface area contributed by atoms with Crippen molar-refractivity contribution in [2.24, 2.45) is 5.73 Å². The summed E-state index contributed by atoms with van der Waals surface area (Å²) in [5.41, 5.74) is 5.28. The van der Waals surface area contributed by atoms with Crippen LogP contribution in [0.1, 0.15) is 12.8 Å². The molecule has 0 saturated carbocycles. The van der Waals surface area contributed by atoms with Crippen LogP contribution >= 0.6 is 0 Å². The van der Waals surface area contributed by atoms with E-state index in [2.05, 4.69) is 0 Å². The van der Waals surface area contributed by atoms with Gasteiger partial charge in [-0.05, 0) is 33.5 Å². The second-order valence-electron chi connectivity index (χ2n) is 2.89. The standard InChI is InChI=1S/C7H16N2O2/c1-9(2)5-3-4-6(8)7(10)11/h6H,3-5,8H2,1-2H3,(H,10,11)/t6-/m0/s1. The Balaban J connectivity index is 3.31. The highest BCUT2D eigenvalue weighted by atomic mass is 16.4. The summed E-state index contributed by atoms with van der Waals surface area (Å²) >= 11 is 0. The average Bonchev–Trinajstić information content (AvgIpc) is 1.86. The Morgan fingerprint density at radius 3 is 2.55 bits per heavy atom. The summed E-state index contributed by atoms with van der Waals surface area (Å²) in [6.45, 7) is 0.890. The molecule has 0 aromatic heterocycles. The fourth-order valence-corrected chi connectivity index (χ4v) is 0.751. The maximum absolute atomic E-state index is 10.2. The van der Waals surface area contributed by atoms with Crippen molar-refractivity contribution in [2.45, 2.75) is 18.9 Å². The molecule has 0 aliphatic carbocycles. The van der Waals surface area contributed by atoms with Crippen LogP contribution in [0.3, 0.4) is 0 Å². The number of aliphatic carboxylic acids is 1. The van der Waals surface area contributed by atoms with Crippen molar-refractivity contribution in [1.29, 1.82) is 0 Å². The summed E-state index contributed by atoms with van der Waals surface area (Å²) in [7, 11) is 3.90. The Bertz CT molecular complexity index is 126. The molecule has 0 unspecified atom stereocenters. The zero-order valence-electron chi connectivity index (χ0n) is 7.08. The molecule has 0 fully saturated rings. The van der Waals surface area contributed by atoms with Crippen molar-refractivity contribution in [1.82, 2.24) is 4.90 Å². The summed E-state index contributed by atoms with van der Waals surface area (Å²) < 4.78 is 0. The lowest BCUT2D eigenvalue weighted by Crippen LogP contribution is -2.30. The van der Waals surface area contributed by atoms with Gasteiger partial charge in [-0.3, -0.25) is 4.79 Å². The van der Waals surface area contributed by atoms with Crippen LogP contribution in [0, 0.1) is 0 Å². The molecule has 1 atom stereocenters. The van der Waals surface area contributed by atoms with E-state index in [9.17, 15) is 4.79 Å². The van der Waals surface area contributed by atoms with Gasteiger partial charge in [0, 0.05) is 0 Å². The molecule has 0 bridgehead atoms. The van der Waals surface area contributed by atoms with Crippen LogP contribution in [0.25, 0.3) is 0 Å². The zero-order chi connectivity index (χ0) is 8.85. The van der Waals surface area contributed by atoms with Crippen LogP contribution in [0.15, 0.2) is 0 Å². The number of nitrogens with zero attached hydrogens (tertiary/aromatic N) is 1. The van der Waals surface area contributed by atoms with Crippen molar-refractivity contribution in [3.8, 4) is 0 Å². The van der Waals surface area contributed by atoms with Crippen LogP contribution < -0.4 is 5.73 Å². The van der Waals surface area contributed by atoms with Crippen LogP contribution in [-0.2, 0) is 4.79 Å². The minimum absolute atomic E-state index is 0.549. The molecule has 0 aromatic carbocycles. The van der Waals surface area contributed by atoms with Gasteiger partial charge in [-0.2, -0.15) is 0 Å². The number of hydrogen-bond acceptors (Lipinski definition) is 3. The average molecular weight is 160 g/mol. The van der Waals surface area contributed by atoms with Crippen LogP contribution in [0.4, 0.5) is 0 Å². The second-order valence-corrected chi connectivity index (χ2v) is 2.89. The summed E-state index contributed by atoms with van der Waals surface area (Å²) in [5.74, 6) is -0.913. The Kier molecular flexibility index (Phi) is 4.81. The molecule has 4 heteroatoms. The minimum Gasteiger partial charge on any atom is -0.480 e. The van der Waals surface area contributed by atoms with Crippen molar-refractivity contribution in [3.63, 3.8) is 0 Å². The van der Waals surface area contributed by atoms with Gasteiger partial charge in [-0.15, -0.1) is 0 Å². The maximum Gasteiger partial charge on any atom is 0.320 e. The Labute approximate surface area is 67.0 Å². The lowest BCUT2D eigenvalue weighted by Gasteiger charge is -2.10. The smallest absolute Gasteiger partial charge is 0.320 e. The third-order valence-corrected chi connectivity index (χ3v) is 1.44. The van der Waals surface area contributed by atoms with Crippen LogP contribution in [0.2, 0.25) is 0 Å². The number of nitrogens with two attached hydrogens (primary N) is 1. The quantitative estimate of drug-likeness (QED) is 0.581. The summed E-state index contributed by atoms with van der Waals surface area (Å²) in [4.78, 5) is 12.2. The molecular weight excluding hydrogens is 144 g/mol. The molecule has 0 heterocycles. The molecular formula is C7H16N2O2. The third-order valence-electron chi connectivity index (χ3n) is 1.44. The summed E-state index contributed by atoms with van der Waals surface area (Å²) in [6, 6.07) is -0.699. The van der Waals surface area contributed by atoms with Gasteiger partial charge in [-0.25, -0.2) is 0 Å². The predicted molar refractivity (Wildman–Crippen MR) is 43.4 cm³/mol. The molecule has 0 rings (SSSR count). The summed E-state index contributed by atoms with van der Waals surface area (Å²) in [6.07, 6.45) is 1.38. The van der Waals surface area contributed by atoms with Gasteiger partial charge in [0.1, 0.15) is 6.04 Å². The third kappa shape index (κ3) is 5.82. The van der Waals surface area contributed by atoms with Gasteiger partial charge in [0.15, 0.2) is 0 Å². The van der Waals surface area contributed by atoms with E-state index >= 15 is 0 Å². The van der Waals surface area contributed by atoms with E-state index in [1.165, 1.54) is 0 Å². The Morgan fingerprint density at radius 2 is 2.18 bits per heavy atom. The molecule has 0 aromatic rings. The first-order valence-corrected chi connectivity index (χ1v) is 3.67. The van der Waals surface area contributed by atoms with Crippen molar-refractivity contribution < 1.29 is 9.90 Å². The zero-order valence-corrected chi connectivity index (χ0v) is 7.08. The lowest BCUT2D eigenvalue weighted by molar-refractivity contribution is -0.138. The molecule has 3 N–H and O–H groups in total. The highest BCUT2D eigenvalue weighted by Crippen LogP contribution is 1.95. The minimum atomic E-state index is -0.913. The molecule has 0 radical (unpaired) electrons. The van der Waals surface area contributed by atoms with Gasteiger partial charge in [0.05, 0.1) is 0 Å². The lowest BCUT2D eigenvalue weighted by atomic mass is 10.2. The first kappa shape index (κ1) is 10.4. The predicted octanol–water partition coefficient (Wildman–Crippen LogP) is -0.260. The van der Waals surface area contributed by atoms with E-state index in [0.29, 0.717) is 6.42 Å². The van der Waals surface area contributed by atoms with E-state index in [1.54, 1.807) is 0 Å². The van der Waals surface area contributed by atoms with E-state index in [0.717, 1.165) is 13.0 Å². The number of hydrogen-bond donors (Lipinski definition) is 2. The highest BCUT2D eigenvalue weighted by Gasteiger charge is 2.09. The van der Waals surface area contributed by atoms with Gasteiger partial charge in [-0.1, -0.05) is 0 Å². The van der Waals surface area contributed by atoms with E-state index < -0.39 is 12.0 Å². The molecule has 66 valence electrons. The Morgan fingerprint density at radius 1 is 1.64 bits per heavy atom. The Hall–Kier alpha value is -0.610. The van der Waals surface area contributed by atoms with Crippen molar-refractivity contribution >= 4 is 5.97 Å². The molecule has 11 heavy (non-hydrogen) atoms. The first-order chi connectivity index (χ1) is 5.04. The normalized spacial score (nSPS) is 13.5. The fraction of sp³-hybridized carbons (Fsp3) is 0.857. The van der Waals surface area contributed by atoms with Crippen molar-refractivity contribution in [3.05, 3.63) is 0 Å². The number of carbonyl (C=O) groups is 1. The largest absolute Gasteiger partial charge is 0.480 e. The van der Waals surface area contributed by atoms with Gasteiger partial charge in [0.25, 0.3) is 0 Å². The number of rotatable bonds is 5. The summed E-state index contributed by atoms with van der Waals surface area (Å²) in [5, 5.41) is 8.41. The first-order valence-electron chi connectivity index (χ1n) is 3.67. The van der Waals surface area contributed by atoms with Crippen molar-refractivity contribution in [2.75, 3.05) is 20.6 Å². The fourth-order valence-electron chi connectivity index (χ4n) is 0.751. The number of carboxylic acids is 1. The topological polar surface area (TPSA) is 66.6 Å². The molecule has 4 nitrogen and oxygen atoms in total. The van der Waals surface area contributed by atoms with Gasteiger partial charge < -0.3 is 15.7 Å². The van der Waals surface area contributed by atoms with Crippen LogP contribution in [0.5, 0.6) is 0 Å². The maximum atomic E-state index is 10.2. The second kappa shape index (κ2) is 5.09. The van der Waals surface area contributed by atoms with Crippen LogP contribution in [-0.4, -0.2) is 42.7 Å². The highest BCUT2D eigenvalue weighted by molar-refractivity contribution is 5.72. The molecule has 0 amide bonds. The molecule has 0 aliphatic heterocycles. The molecule has 0 aliphatic rings. The SMILES string of the molecule is CN(C)CCC[C@H](N)C(=O)O. The van der Waals surface area contributed by atoms with E-state index in [4.69, 9.17) is 10.8 Å². The monoisotopic (exact) mass is 160 g/mol. The van der Waals surface area contributed by atoms with Gasteiger partial charge >= 0.3 is 5.97 Å². The molecule has 0 saturated heterocycles.